The van der Waals surface area contributed by atoms with Crippen LogP contribution >= 0.6 is 0 Å². The van der Waals surface area contributed by atoms with Gasteiger partial charge in [-0.15, -0.1) is 0 Å². The second-order valence-corrected chi connectivity index (χ2v) is 9.50. The quantitative estimate of drug-likeness (QED) is 0.469. The summed E-state index contributed by atoms with van der Waals surface area (Å²) < 4.78 is 29.0. The van der Waals surface area contributed by atoms with Gasteiger partial charge < -0.3 is 5.32 Å². The highest BCUT2D eigenvalue weighted by molar-refractivity contribution is 7.92. The number of pyridine rings is 1. The topological polar surface area (TPSA) is 97.2 Å². The number of sulfonamides is 1. The van der Waals surface area contributed by atoms with Gasteiger partial charge in [-0.05, 0) is 62.4 Å². The van der Waals surface area contributed by atoms with Gasteiger partial charge in [-0.25, -0.2) is 18.1 Å². The molecule has 2 aromatic carbocycles. The molecule has 9 heteroatoms. The molecule has 1 amide bonds. The van der Waals surface area contributed by atoms with Gasteiger partial charge in [0, 0.05) is 24.6 Å². The van der Waals surface area contributed by atoms with Crippen molar-refractivity contribution in [2.45, 2.75) is 18.7 Å². The third-order valence-electron chi connectivity index (χ3n) is 5.11. The Bertz CT molecular complexity index is 1400. The maximum Gasteiger partial charge on any atom is 0.264 e. The lowest BCUT2D eigenvalue weighted by atomic mass is 10.2. The number of anilines is 2. The Hall–Kier alpha value is -3.98. The van der Waals surface area contributed by atoms with Crippen LogP contribution in [0.5, 0.6) is 0 Å². The van der Waals surface area contributed by atoms with E-state index in [1.165, 1.54) is 29.7 Å². The minimum absolute atomic E-state index is 0.0738. The molecule has 0 unspecified atom stereocenters. The fourth-order valence-corrected chi connectivity index (χ4v) is 4.62. The second kappa shape index (κ2) is 8.87. The molecule has 0 radical (unpaired) electrons. The Morgan fingerprint density at radius 2 is 1.73 bits per heavy atom. The van der Waals surface area contributed by atoms with Gasteiger partial charge in [-0.2, -0.15) is 5.10 Å². The van der Waals surface area contributed by atoms with Crippen LogP contribution in [0.1, 0.15) is 21.7 Å². The SMILES string of the molecule is Cc1cc(C)n(-c2ccc(C(=O)Nc3cccc(S(=O)(=O)N(C)c4ccccc4)c3)cn2)n1. The van der Waals surface area contributed by atoms with E-state index in [1.54, 1.807) is 53.2 Å². The van der Waals surface area contributed by atoms with Crippen LogP contribution < -0.4 is 9.62 Å². The van der Waals surface area contributed by atoms with Crippen molar-refractivity contribution in [3.63, 3.8) is 0 Å². The van der Waals surface area contributed by atoms with E-state index in [2.05, 4.69) is 15.4 Å². The van der Waals surface area contributed by atoms with Crippen LogP contribution in [0.4, 0.5) is 11.4 Å². The number of aromatic nitrogens is 3. The second-order valence-electron chi connectivity index (χ2n) is 7.53. The average molecular weight is 462 g/mol. The molecule has 1 N–H and O–H groups in total. The van der Waals surface area contributed by atoms with Crippen molar-refractivity contribution >= 4 is 27.3 Å². The number of rotatable bonds is 6. The summed E-state index contributed by atoms with van der Waals surface area (Å²) in [5.74, 6) is 0.211. The Morgan fingerprint density at radius 1 is 0.970 bits per heavy atom. The maximum absolute atomic E-state index is 13.0. The van der Waals surface area contributed by atoms with Gasteiger partial charge in [-0.3, -0.25) is 9.10 Å². The van der Waals surface area contributed by atoms with Crippen LogP contribution in [-0.4, -0.2) is 36.1 Å². The Kier molecular flexibility index (Phi) is 5.97. The molecule has 4 rings (SSSR count). The number of hydrogen-bond acceptors (Lipinski definition) is 5. The van der Waals surface area contributed by atoms with Gasteiger partial charge >= 0.3 is 0 Å². The van der Waals surface area contributed by atoms with Crippen LogP contribution in [0.3, 0.4) is 0 Å². The molecule has 0 spiro atoms. The lowest BCUT2D eigenvalue weighted by molar-refractivity contribution is 0.102. The number of hydrogen-bond donors (Lipinski definition) is 1. The largest absolute Gasteiger partial charge is 0.322 e. The van der Waals surface area contributed by atoms with Gasteiger partial charge in [0.25, 0.3) is 15.9 Å². The zero-order valence-electron chi connectivity index (χ0n) is 18.4. The zero-order chi connectivity index (χ0) is 23.6. The van der Waals surface area contributed by atoms with E-state index in [1.807, 2.05) is 26.0 Å². The van der Waals surface area contributed by atoms with Crippen LogP contribution in [0.15, 0.2) is 83.9 Å². The van der Waals surface area contributed by atoms with Crippen LogP contribution in [0, 0.1) is 13.8 Å². The summed E-state index contributed by atoms with van der Waals surface area (Å²) in [7, 11) is -2.30. The van der Waals surface area contributed by atoms with E-state index in [-0.39, 0.29) is 4.90 Å². The first kappa shape index (κ1) is 22.2. The summed E-state index contributed by atoms with van der Waals surface area (Å²) in [5.41, 5.74) is 3.07. The van der Waals surface area contributed by atoms with Crippen molar-refractivity contribution in [3.8, 4) is 5.82 Å². The van der Waals surface area contributed by atoms with E-state index in [4.69, 9.17) is 0 Å². The number of para-hydroxylation sites is 1. The zero-order valence-corrected chi connectivity index (χ0v) is 19.2. The summed E-state index contributed by atoms with van der Waals surface area (Å²) in [6, 6.07) is 20.2. The molecule has 0 saturated heterocycles. The van der Waals surface area contributed by atoms with Crippen LogP contribution in [0.25, 0.3) is 5.82 Å². The first-order valence-electron chi connectivity index (χ1n) is 10.2. The number of carbonyl (C=O) groups excluding carboxylic acids is 1. The number of amides is 1. The molecule has 0 bridgehead atoms. The fourth-order valence-electron chi connectivity index (χ4n) is 3.38. The molecule has 0 aliphatic rings. The molecule has 0 aliphatic carbocycles. The van der Waals surface area contributed by atoms with Crippen molar-refractivity contribution in [1.29, 1.82) is 0 Å². The molecular weight excluding hydrogens is 438 g/mol. The van der Waals surface area contributed by atoms with E-state index in [0.717, 1.165) is 11.4 Å². The standard InChI is InChI=1S/C24H23N5O3S/c1-17-14-18(2)29(27-17)23-13-12-19(16-25-23)24(30)26-20-8-7-11-22(15-20)33(31,32)28(3)21-9-5-4-6-10-21/h4-16H,1-3H3,(H,26,30). The molecule has 4 aromatic rings. The highest BCUT2D eigenvalue weighted by atomic mass is 32.2. The molecular formula is C24H23N5O3S. The molecule has 2 aromatic heterocycles. The van der Waals surface area contributed by atoms with Crippen molar-refractivity contribution in [1.82, 2.24) is 14.8 Å². The van der Waals surface area contributed by atoms with Crippen molar-refractivity contribution in [2.75, 3.05) is 16.7 Å². The monoisotopic (exact) mass is 461 g/mol. The lowest BCUT2D eigenvalue weighted by Crippen LogP contribution is -2.26. The fraction of sp³-hybridized carbons (Fsp3) is 0.125. The Morgan fingerprint density at radius 3 is 2.36 bits per heavy atom. The number of aryl methyl sites for hydroxylation is 2. The number of nitrogens with zero attached hydrogens (tertiary/aromatic N) is 4. The van der Waals surface area contributed by atoms with Gasteiger partial charge in [-0.1, -0.05) is 24.3 Å². The van der Waals surface area contributed by atoms with E-state index in [0.29, 0.717) is 22.8 Å². The van der Waals surface area contributed by atoms with Crippen LogP contribution in [0.2, 0.25) is 0 Å². The van der Waals surface area contributed by atoms with Gasteiger partial charge in [0.2, 0.25) is 0 Å². The highest BCUT2D eigenvalue weighted by Crippen LogP contribution is 2.24. The number of nitrogens with one attached hydrogen (secondary N) is 1. The van der Waals surface area contributed by atoms with Crippen molar-refractivity contribution < 1.29 is 13.2 Å². The Balaban J connectivity index is 1.52. The van der Waals surface area contributed by atoms with Crippen molar-refractivity contribution in [2.24, 2.45) is 0 Å². The smallest absolute Gasteiger partial charge is 0.264 e. The third-order valence-corrected chi connectivity index (χ3v) is 6.89. The number of benzene rings is 2. The third kappa shape index (κ3) is 4.63. The average Bonchev–Trinajstić information content (AvgIpc) is 3.17. The van der Waals surface area contributed by atoms with Crippen molar-refractivity contribution in [3.05, 3.63) is 95.9 Å². The molecule has 0 aliphatic heterocycles. The summed E-state index contributed by atoms with van der Waals surface area (Å²) in [6.07, 6.45) is 1.46. The summed E-state index contributed by atoms with van der Waals surface area (Å²) >= 11 is 0. The first-order chi connectivity index (χ1) is 15.8. The van der Waals surface area contributed by atoms with E-state index < -0.39 is 15.9 Å². The highest BCUT2D eigenvalue weighted by Gasteiger charge is 2.22. The molecule has 2 heterocycles. The molecule has 33 heavy (non-hydrogen) atoms. The number of carbonyl (C=O) groups is 1. The molecule has 0 saturated carbocycles. The Labute approximate surface area is 192 Å². The van der Waals surface area contributed by atoms with Gasteiger partial charge in [0.1, 0.15) is 0 Å². The predicted molar refractivity (Wildman–Crippen MR) is 127 cm³/mol. The molecule has 0 atom stereocenters. The lowest BCUT2D eigenvalue weighted by Gasteiger charge is -2.19. The first-order valence-corrected chi connectivity index (χ1v) is 11.6. The summed E-state index contributed by atoms with van der Waals surface area (Å²) in [4.78, 5) is 17.1. The minimum Gasteiger partial charge on any atom is -0.322 e. The van der Waals surface area contributed by atoms with E-state index >= 15 is 0 Å². The molecule has 8 nitrogen and oxygen atoms in total. The predicted octanol–water partition coefficient (Wildman–Crippen LogP) is 3.96. The summed E-state index contributed by atoms with van der Waals surface area (Å²) in [5, 5.41) is 7.12. The molecule has 168 valence electrons. The van der Waals surface area contributed by atoms with E-state index in [9.17, 15) is 13.2 Å². The molecule has 0 fully saturated rings. The minimum atomic E-state index is -3.79. The normalized spacial score (nSPS) is 11.2. The van der Waals surface area contributed by atoms with Gasteiger partial charge in [0.15, 0.2) is 5.82 Å². The van der Waals surface area contributed by atoms with Crippen LogP contribution in [-0.2, 0) is 10.0 Å². The maximum atomic E-state index is 13.0. The van der Waals surface area contributed by atoms with Gasteiger partial charge in [0.05, 0.1) is 21.8 Å². The summed E-state index contributed by atoms with van der Waals surface area (Å²) in [6.45, 7) is 3.83.